The van der Waals surface area contributed by atoms with Crippen LogP contribution in [0.4, 0.5) is 20.2 Å². The van der Waals surface area contributed by atoms with Crippen LogP contribution in [0.1, 0.15) is 16.8 Å². The van der Waals surface area contributed by atoms with Gasteiger partial charge >= 0.3 is 0 Å². The molecule has 0 aromatic heterocycles. The molecule has 8 nitrogen and oxygen atoms in total. The number of nitrogens with one attached hydrogen (secondary N) is 2. The molecule has 10 heteroatoms. The van der Waals surface area contributed by atoms with E-state index in [0.717, 1.165) is 17.0 Å². The Morgan fingerprint density at radius 2 is 1.90 bits per heavy atom. The first kappa shape index (κ1) is 20.9. The number of hydrogen-bond donors (Lipinski definition) is 3. The van der Waals surface area contributed by atoms with E-state index in [-0.39, 0.29) is 30.8 Å². The highest BCUT2D eigenvalue weighted by molar-refractivity contribution is 6.04. The van der Waals surface area contributed by atoms with Gasteiger partial charge in [0.1, 0.15) is 11.6 Å². The zero-order chi connectivity index (χ0) is 21.8. The third kappa shape index (κ3) is 4.77. The molecule has 1 aliphatic heterocycles. The Kier molecular flexibility index (Phi) is 6.05. The molecule has 2 aromatic rings. The summed E-state index contributed by atoms with van der Waals surface area (Å²) in [4.78, 5) is 48.7. The molecule has 1 unspecified atom stereocenters. The molecule has 1 heterocycles. The van der Waals surface area contributed by atoms with E-state index < -0.39 is 41.2 Å². The van der Waals surface area contributed by atoms with Crippen LogP contribution in [0.2, 0.25) is 0 Å². The van der Waals surface area contributed by atoms with Crippen molar-refractivity contribution < 1.29 is 28.0 Å². The number of carbonyl (C=O) groups is 4. The molecule has 0 saturated carbocycles. The molecule has 2 aromatic carbocycles. The fourth-order valence-electron chi connectivity index (χ4n) is 3.07. The molecule has 4 amide bonds. The Morgan fingerprint density at radius 3 is 2.60 bits per heavy atom. The van der Waals surface area contributed by atoms with Gasteiger partial charge in [0.15, 0.2) is 0 Å². The zero-order valence-electron chi connectivity index (χ0n) is 15.7. The third-order valence-electron chi connectivity index (χ3n) is 4.51. The van der Waals surface area contributed by atoms with Gasteiger partial charge in [-0.2, -0.15) is 0 Å². The maximum atomic E-state index is 14.0. The number of halogens is 2. The predicted molar refractivity (Wildman–Crippen MR) is 103 cm³/mol. The Hall–Kier alpha value is -3.82. The van der Waals surface area contributed by atoms with Gasteiger partial charge in [-0.3, -0.25) is 19.2 Å². The van der Waals surface area contributed by atoms with Crippen molar-refractivity contribution in [2.75, 3.05) is 23.3 Å². The minimum atomic E-state index is -0.890. The Balaban J connectivity index is 1.67. The highest BCUT2D eigenvalue weighted by Crippen LogP contribution is 2.28. The number of hydrogen-bond acceptors (Lipinski definition) is 4. The van der Waals surface area contributed by atoms with Gasteiger partial charge in [-0.15, -0.1) is 0 Å². The SMILES string of the molecule is NC(=O)CNC(=O)c1cccc(NC(=O)C2CC(=O)N(c3ccc(F)cc3F)C2)c1. The first-order chi connectivity index (χ1) is 14.2. The minimum absolute atomic E-state index is 0.0635. The van der Waals surface area contributed by atoms with Crippen LogP contribution in [-0.2, 0) is 14.4 Å². The molecule has 30 heavy (non-hydrogen) atoms. The van der Waals surface area contributed by atoms with Crippen molar-refractivity contribution in [3.05, 3.63) is 59.7 Å². The van der Waals surface area contributed by atoms with E-state index in [0.29, 0.717) is 11.8 Å². The van der Waals surface area contributed by atoms with Gasteiger partial charge in [0, 0.05) is 30.3 Å². The van der Waals surface area contributed by atoms with Gasteiger partial charge in [0.2, 0.25) is 17.7 Å². The molecule has 0 radical (unpaired) electrons. The van der Waals surface area contributed by atoms with E-state index in [9.17, 15) is 28.0 Å². The summed E-state index contributed by atoms with van der Waals surface area (Å²) in [6.07, 6.45) is -0.137. The van der Waals surface area contributed by atoms with Gasteiger partial charge in [0.25, 0.3) is 5.91 Å². The summed E-state index contributed by atoms with van der Waals surface area (Å²) < 4.78 is 27.1. The van der Waals surface area contributed by atoms with Crippen molar-refractivity contribution in [1.82, 2.24) is 5.32 Å². The summed E-state index contributed by atoms with van der Waals surface area (Å²) in [5.41, 5.74) is 5.40. The molecule has 1 saturated heterocycles. The molecular formula is C20H18F2N4O4. The molecule has 0 bridgehead atoms. The second-order valence-electron chi connectivity index (χ2n) is 6.72. The number of primary amides is 1. The average Bonchev–Trinajstić information content (AvgIpc) is 3.08. The second-order valence-corrected chi connectivity index (χ2v) is 6.72. The smallest absolute Gasteiger partial charge is 0.251 e. The van der Waals surface area contributed by atoms with E-state index in [2.05, 4.69) is 10.6 Å². The number of nitrogens with zero attached hydrogens (tertiary/aromatic N) is 1. The largest absolute Gasteiger partial charge is 0.368 e. The molecule has 156 valence electrons. The predicted octanol–water partition coefficient (Wildman–Crippen LogP) is 1.17. The highest BCUT2D eigenvalue weighted by atomic mass is 19.1. The van der Waals surface area contributed by atoms with E-state index in [1.165, 1.54) is 18.2 Å². The molecule has 3 rings (SSSR count). The van der Waals surface area contributed by atoms with Crippen molar-refractivity contribution in [1.29, 1.82) is 0 Å². The molecule has 1 fully saturated rings. The maximum Gasteiger partial charge on any atom is 0.251 e. The van der Waals surface area contributed by atoms with Crippen LogP contribution in [0.25, 0.3) is 0 Å². The Bertz CT molecular complexity index is 1030. The van der Waals surface area contributed by atoms with Crippen molar-refractivity contribution in [3.63, 3.8) is 0 Å². The number of benzene rings is 2. The van der Waals surface area contributed by atoms with E-state index in [4.69, 9.17) is 5.73 Å². The van der Waals surface area contributed by atoms with E-state index in [1.807, 2.05) is 0 Å². The lowest BCUT2D eigenvalue weighted by molar-refractivity contribution is -0.122. The number of nitrogens with two attached hydrogens (primary N) is 1. The summed E-state index contributed by atoms with van der Waals surface area (Å²) in [6, 6.07) is 8.84. The monoisotopic (exact) mass is 416 g/mol. The van der Waals surface area contributed by atoms with Crippen LogP contribution in [0.5, 0.6) is 0 Å². The third-order valence-corrected chi connectivity index (χ3v) is 4.51. The normalized spacial score (nSPS) is 15.7. The van der Waals surface area contributed by atoms with Crippen LogP contribution in [-0.4, -0.2) is 36.7 Å². The molecule has 0 spiro atoms. The summed E-state index contributed by atoms with van der Waals surface area (Å²) in [5, 5.41) is 4.95. The zero-order valence-corrected chi connectivity index (χ0v) is 15.7. The van der Waals surface area contributed by atoms with Crippen molar-refractivity contribution >= 4 is 35.0 Å². The Morgan fingerprint density at radius 1 is 1.13 bits per heavy atom. The first-order valence-electron chi connectivity index (χ1n) is 8.97. The lowest BCUT2D eigenvalue weighted by Gasteiger charge is -2.17. The molecular weight excluding hydrogens is 398 g/mol. The maximum absolute atomic E-state index is 14.0. The van der Waals surface area contributed by atoms with Crippen LogP contribution < -0.4 is 21.3 Å². The molecule has 1 atom stereocenters. The number of amides is 4. The van der Waals surface area contributed by atoms with Gasteiger partial charge in [0.05, 0.1) is 18.2 Å². The van der Waals surface area contributed by atoms with Crippen LogP contribution in [0, 0.1) is 17.6 Å². The van der Waals surface area contributed by atoms with Crippen LogP contribution >= 0.6 is 0 Å². The van der Waals surface area contributed by atoms with Crippen LogP contribution in [0.15, 0.2) is 42.5 Å². The molecule has 1 aliphatic rings. The first-order valence-corrected chi connectivity index (χ1v) is 8.97. The highest BCUT2D eigenvalue weighted by Gasteiger charge is 2.36. The van der Waals surface area contributed by atoms with Crippen molar-refractivity contribution in [2.24, 2.45) is 11.7 Å². The number of carbonyl (C=O) groups excluding carboxylic acids is 4. The van der Waals surface area contributed by atoms with Crippen molar-refractivity contribution in [2.45, 2.75) is 6.42 Å². The molecule has 0 aliphatic carbocycles. The lowest BCUT2D eigenvalue weighted by Crippen LogP contribution is -2.33. The quantitative estimate of drug-likeness (QED) is 0.654. The fourth-order valence-corrected chi connectivity index (χ4v) is 3.07. The summed E-state index contributed by atoms with van der Waals surface area (Å²) in [6.45, 7) is -0.388. The van der Waals surface area contributed by atoms with Gasteiger partial charge in [-0.1, -0.05) is 6.07 Å². The summed E-state index contributed by atoms with van der Waals surface area (Å²) in [5.74, 6) is -4.59. The fraction of sp³-hybridized carbons (Fsp3) is 0.200. The minimum Gasteiger partial charge on any atom is -0.368 e. The van der Waals surface area contributed by atoms with E-state index >= 15 is 0 Å². The molecule has 4 N–H and O–H groups in total. The lowest BCUT2D eigenvalue weighted by atomic mass is 10.1. The second kappa shape index (κ2) is 8.68. The summed E-state index contributed by atoms with van der Waals surface area (Å²) in [7, 11) is 0. The van der Waals surface area contributed by atoms with E-state index in [1.54, 1.807) is 6.07 Å². The standard InChI is InChI=1S/C20H18F2N4O4/c21-13-4-5-16(15(22)8-13)26-10-12(7-18(26)28)20(30)25-14-3-1-2-11(6-14)19(29)24-9-17(23)27/h1-6,8,12H,7,9-10H2,(H2,23,27)(H,24,29)(H,25,30). The Labute approximate surface area is 170 Å². The average molecular weight is 416 g/mol. The number of rotatable bonds is 6. The van der Waals surface area contributed by atoms with Crippen molar-refractivity contribution in [3.8, 4) is 0 Å². The van der Waals surface area contributed by atoms with Gasteiger partial charge in [-0.05, 0) is 30.3 Å². The topological polar surface area (TPSA) is 122 Å². The summed E-state index contributed by atoms with van der Waals surface area (Å²) >= 11 is 0. The van der Waals surface area contributed by atoms with Gasteiger partial charge < -0.3 is 21.3 Å². The van der Waals surface area contributed by atoms with Crippen LogP contribution in [0.3, 0.4) is 0 Å². The number of anilines is 2. The van der Waals surface area contributed by atoms with Gasteiger partial charge in [-0.25, -0.2) is 8.78 Å².